The van der Waals surface area contributed by atoms with Gasteiger partial charge < -0.3 is 19.4 Å². The molecule has 3 atom stereocenters. The Labute approximate surface area is 216 Å². The minimum atomic E-state index is -1.35. The molecule has 2 aliphatic heterocycles. The number of ether oxygens (including phenoxy) is 2. The number of alkyl halides is 1. The van der Waals surface area contributed by atoms with Crippen molar-refractivity contribution in [3.8, 4) is 0 Å². The van der Waals surface area contributed by atoms with Gasteiger partial charge in [-0.3, -0.25) is 15.1 Å². The van der Waals surface area contributed by atoms with Gasteiger partial charge in [-0.1, -0.05) is 35.9 Å². The van der Waals surface area contributed by atoms with Gasteiger partial charge in [-0.25, -0.2) is 13.6 Å². The molecule has 0 saturated carbocycles. The van der Waals surface area contributed by atoms with Crippen LogP contribution in [0.1, 0.15) is 35.7 Å². The van der Waals surface area contributed by atoms with E-state index in [4.69, 9.17) is 26.5 Å². The van der Waals surface area contributed by atoms with Gasteiger partial charge in [0.1, 0.15) is 11.9 Å². The fourth-order valence-corrected chi connectivity index (χ4v) is 5.48. The van der Waals surface area contributed by atoms with Crippen LogP contribution in [-0.4, -0.2) is 65.3 Å². The van der Waals surface area contributed by atoms with Crippen LogP contribution in [0, 0.1) is 11.2 Å². The van der Waals surface area contributed by atoms with Crippen LogP contribution in [0.25, 0.3) is 10.9 Å². The summed E-state index contributed by atoms with van der Waals surface area (Å²) in [6.07, 6.45) is -0.334. The first-order valence-electron chi connectivity index (χ1n) is 11.9. The SMILES string of the molecule is COC(=O)[C@H]1Cc2c([nH]c3ccccc23)[C@H](c2ccc(F)cc2Cl)N1C(=O)COC(=N)N1CCC[C@@H]1F. The first-order valence-corrected chi connectivity index (χ1v) is 12.2. The van der Waals surface area contributed by atoms with E-state index in [9.17, 15) is 18.4 Å². The number of carbonyl (C=O) groups excluding carboxylic acids is 2. The second-order valence-corrected chi connectivity index (χ2v) is 9.45. The van der Waals surface area contributed by atoms with E-state index in [1.54, 1.807) is 0 Å². The molecule has 0 aliphatic carbocycles. The number of esters is 1. The first-order chi connectivity index (χ1) is 17.8. The third-order valence-electron chi connectivity index (χ3n) is 6.92. The average molecular weight is 531 g/mol. The maximum absolute atomic E-state index is 14.1. The third kappa shape index (κ3) is 4.50. The largest absolute Gasteiger partial charge is 0.467 e. The van der Waals surface area contributed by atoms with Gasteiger partial charge in [0.05, 0.1) is 13.2 Å². The number of aromatic nitrogens is 1. The van der Waals surface area contributed by atoms with E-state index in [2.05, 4.69) is 4.98 Å². The molecule has 2 N–H and O–H groups in total. The van der Waals surface area contributed by atoms with Crippen molar-refractivity contribution < 1.29 is 27.8 Å². The summed E-state index contributed by atoms with van der Waals surface area (Å²) in [5, 5.41) is 9.04. The van der Waals surface area contributed by atoms with Crippen molar-refractivity contribution in [2.45, 2.75) is 37.6 Å². The predicted octanol–water partition coefficient (Wildman–Crippen LogP) is 4.32. The van der Waals surface area contributed by atoms with Crippen LogP contribution < -0.4 is 0 Å². The topological polar surface area (TPSA) is 98.7 Å². The molecule has 1 amide bonds. The molecule has 2 aliphatic rings. The van der Waals surface area contributed by atoms with Gasteiger partial charge in [-0.2, -0.15) is 0 Å². The maximum Gasteiger partial charge on any atom is 0.328 e. The predicted molar refractivity (Wildman–Crippen MR) is 132 cm³/mol. The lowest BCUT2D eigenvalue weighted by Crippen LogP contribution is -2.53. The van der Waals surface area contributed by atoms with Crippen LogP contribution >= 0.6 is 11.6 Å². The number of carbonyl (C=O) groups is 2. The average Bonchev–Trinajstić information content (AvgIpc) is 3.49. The number of rotatable bonds is 4. The van der Waals surface area contributed by atoms with Crippen LogP contribution in [0.4, 0.5) is 8.78 Å². The Morgan fingerprint density at radius 2 is 2.03 bits per heavy atom. The maximum atomic E-state index is 14.1. The van der Waals surface area contributed by atoms with Gasteiger partial charge in [0.25, 0.3) is 11.9 Å². The Bertz CT molecular complexity index is 1380. The zero-order valence-corrected chi connectivity index (χ0v) is 20.7. The van der Waals surface area contributed by atoms with Crippen LogP contribution in [0.5, 0.6) is 0 Å². The van der Waals surface area contributed by atoms with Crippen molar-refractivity contribution in [2.75, 3.05) is 20.3 Å². The van der Waals surface area contributed by atoms with Crippen LogP contribution in [-0.2, 0) is 25.5 Å². The summed E-state index contributed by atoms with van der Waals surface area (Å²) in [5.74, 6) is -1.83. The summed E-state index contributed by atoms with van der Waals surface area (Å²) in [6.45, 7) is -0.296. The number of nitrogens with zero attached hydrogens (tertiary/aromatic N) is 2. The quantitative estimate of drug-likeness (QED) is 0.226. The highest BCUT2D eigenvalue weighted by molar-refractivity contribution is 6.31. The number of halogens is 3. The number of fused-ring (bicyclic) bond motifs is 3. The Balaban J connectivity index is 1.58. The van der Waals surface area contributed by atoms with Crippen LogP contribution in [0.3, 0.4) is 0 Å². The zero-order valence-electron chi connectivity index (χ0n) is 20.0. The molecule has 0 radical (unpaired) electrons. The minimum absolute atomic E-state index is 0.0731. The summed E-state index contributed by atoms with van der Waals surface area (Å²) in [4.78, 5) is 32.5. The van der Waals surface area contributed by atoms with Crippen LogP contribution in [0.15, 0.2) is 42.5 Å². The number of nitrogens with one attached hydrogen (secondary N) is 2. The lowest BCUT2D eigenvalue weighted by Gasteiger charge is -2.41. The summed E-state index contributed by atoms with van der Waals surface area (Å²) < 4.78 is 38.4. The molecule has 0 unspecified atom stereocenters. The summed E-state index contributed by atoms with van der Waals surface area (Å²) in [7, 11) is 1.23. The second-order valence-electron chi connectivity index (χ2n) is 9.04. The molecule has 11 heteroatoms. The van der Waals surface area contributed by atoms with E-state index in [1.165, 1.54) is 24.1 Å². The minimum Gasteiger partial charge on any atom is -0.467 e. The normalized spacial score (nSPS) is 21.1. The van der Waals surface area contributed by atoms with Gasteiger partial charge in [0.2, 0.25) is 0 Å². The van der Waals surface area contributed by atoms with E-state index in [-0.39, 0.29) is 17.9 Å². The third-order valence-corrected chi connectivity index (χ3v) is 7.25. The summed E-state index contributed by atoms with van der Waals surface area (Å²) in [5.41, 5.74) is 2.64. The Morgan fingerprint density at radius 3 is 2.73 bits per heavy atom. The highest BCUT2D eigenvalue weighted by Crippen LogP contribution is 2.43. The van der Waals surface area contributed by atoms with Crippen molar-refractivity contribution in [1.82, 2.24) is 14.8 Å². The fraction of sp³-hybridized carbons (Fsp3) is 0.346. The molecule has 3 aromatic rings. The summed E-state index contributed by atoms with van der Waals surface area (Å²) in [6, 6.07) is 8.97. The number of aromatic amines is 1. The number of H-pyrrole nitrogens is 1. The molecule has 37 heavy (non-hydrogen) atoms. The zero-order chi connectivity index (χ0) is 26.3. The highest BCUT2D eigenvalue weighted by atomic mass is 35.5. The number of methoxy groups -OCH3 is 1. The molecule has 1 aromatic heterocycles. The van der Waals surface area contributed by atoms with Gasteiger partial charge in [-0.05, 0) is 42.2 Å². The first kappa shape index (κ1) is 25.0. The highest BCUT2D eigenvalue weighted by Gasteiger charge is 2.45. The van der Waals surface area contributed by atoms with Crippen molar-refractivity contribution >= 4 is 40.4 Å². The monoisotopic (exact) mass is 530 g/mol. The fourth-order valence-electron chi connectivity index (χ4n) is 5.21. The van der Waals surface area contributed by atoms with Crippen molar-refractivity contribution in [2.24, 2.45) is 0 Å². The van der Waals surface area contributed by atoms with E-state index >= 15 is 0 Å². The molecular formula is C26H25ClF2N4O4. The smallest absolute Gasteiger partial charge is 0.328 e. The molecule has 8 nitrogen and oxygen atoms in total. The van der Waals surface area contributed by atoms with Gasteiger partial charge in [0, 0.05) is 34.6 Å². The lowest BCUT2D eigenvalue weighted by molar-refractivity contribution is -0.156. The Kier molecular flexibility index (Phi) is 6.76. The number of amides is 1. The van der Waals surface area contributed by atoms with E-state index in [0.29, 0.717) is 24.2 Å². The van der Waals surface area contributed by atoms with Gasteiger partial charge in [-0.15, -0.1) is 0 Å². The molecule has 3 heterocycles. The molecular weight excluding hydrogens is 506 g/mol. The Morgan fingerprint density at radius 1 is 1.24 bits per heavy atom. The number of hydrogen-bond donors (Lipinski definition) is 2. The molecule has 1 fully saturated rings. The second kappa shape index (κ2) is 10.0. The molecule has 194 valence electrons. The molecule has 1 saturated heterocycles. The van der Waals surface area contributed by atoms with Crippen molar-refractivity contribution in [3.63, 3.8) is 0 Å². The summed E-state index contributed by atoms with van der Waals surface area (Å²) >= 11 is 6.47. The number of benzene rings is 2. The number of likely N-dealkylation sites (tertiary alicyclic amines) is 1. The van der Waals surface area contributed by atoms with Crippen LogP contribution in [0.2, 0.25) is 5.02 Å². The molecule has 0 spiro atoms. The molecule has 2 aromatic carbocycles. The van der Waals surface area contributed by atoms with E-state index in [1.807, 2.05) is 24.3 Å². The van der Waals surface area contributed by atoms with Gasteiger partial charge >= 0.3 is 5.97 Å². The number of para-hydroxylation sites is 1. The Hall–Kier alpha value is -3.66. The molecule has 0 bridgehead atoms. The van der Waals surface area contributed by atoms with Crippen molar-refractivity contribution in [3.05, 3.63) is 70.1 Å². The number of hydrogen-bond acceptors (Lipinski definition) is 5. The molecule has 5 rings (SSSR count). The van der Waals surface area contributed by atoms with E-state index < -0.39 is 48.7 Å². The van der Waals surface area contributed by atoms with Gasteiger partial charge in [0.15, 0.2) is 12.9 Å². The van der Waals surface area contributed by atoms with Crippen molar-refractivity contribution in [1.29, 1.82) is 5.41 Å². The van der Waals surface area contributed by atoms with E-state index in [0.717, 1.165) is 27.4 Å². The standard InChI is InChI=1S/C26H25ClF2N4O4/c1-36-25(35)20-12-17-15-5-2-3-6-19(15)31-23(17)24(16-9-8-14(28)11-18(16)27)33(20)22(34)13-37-26(30)32-10-4-7-21(32)29/h2-3,5-6,8-9,11,20-21,24,30-31H,4,7,10,12-13H2,1H3/t20-,21-,24+/m1/s1. The lowest BCUT2D eigenvalue weighted by atomic mass is 9.87. The number of amidine groups is 1.